The molecule has 0 saturated carbocycles. The second-order valence-electron chi connectivity index (χ2n) is 5.99. The van der Waals surface area contributed by atoms with Gasteiger partial charge in [-0.05, 0) is 48.4 Å². The number of nitrogens with one attached hydrogen (secondary N) is 1. The van der Waals surface area contributed by atoms with Gasteiger partial charge >= 0.3 is 0 Å². The molecule has 0 aliphatic rings. The van der Waals surface area contributed by atoms with Crippen LogP contribution in [0.4, 0.5) is 0 Å². The van der Waals surface area contributed by atoms with E-state index in [1.807, 2.05) is 30.3 Å². The van der Waals surface area contributed by atoms with E-state index in [9.17, 15) is 4.79 Å². The average molecular weight is 382 g/mol. The number of aromatic nitrogens is 1. The van der Waals surface area contributed by atoms with E-state index in [1.54, 1.807) is 33.5 Å². The summed E-state index contributed by atoms with van der Waals surface area (Å²) < 4.78 is 21.0. The van der Waals surface area contributed by atoms with Gasteiger partial charge in [-0.1, -0.05) is 11.2 Å². The summed E-state index contributed by atoms with van der Waals surface area (Å²) in [7, 11) is 4.79. The largest absolute Gasteiger partial charge is 0.497 e. The fourth-order valence-corrected chi connectivity index (χ4v) is 2.80. The SMILES string of the molecule is COc1ccc(-c2oncc2C(=O)NCCc2ccc(OC)c(OC)c2)cc1. The van der Waals surface area contributed by atoms with E-state index in [1.165, 1.54) is 6.20 Å². The summed E-state index contributed by atoms with van der Waals surface area (Å²) in [5.41, 5.74) is 2.17. The minimum atomic E-state index is -0.243. The minimum Gasteiger partial charge on any atom is -0.497 e. The molecule has 0 bridgehead atoms. The van der Waals surface area contributed by atoms with E-state index < -0.39 is 0 Å². The van der Waals surface area contributed by atoms with Crippen molar-refractivity contribution in [3.05, 3.63) is 59.8 Å². The van der Waals surface area contributed by atoms with Crippen molar-refractivity contribution in [2.75, 3.05) is 27.9 Å². The number of carbonyl (C=O) groups is 1. The summed E-state index contributed by atoms with van der Waals surface area (Å²) >= 11 is 0. The van der Waals surface area contributed by atoms with Crippen molar-refractivity contribution in [2.45, 2.75) is 6.42 Å². The summed E-state index contributed by atoms with van der Waals surface area (Å²) in [4.78, 5) is 12.6. The van der Waals surface area contributed by atoms with Crippen LogP contribution in [0.2, 0.25) is 0 Å². The molecule has 7 heteroatoms. The van der Waals surface area contributed by atoms with Crippen LogP contribution in [0.1, 0.15) is 15.9 Å². The van der Waals surface area contributed by atoms with Gasteiger partial charge in [0.25, 0.3) is 5.91 Å². The van der Waals surface area contributed by atoms with Crippen molar-refractivity contribution >= 4 is 5.91 Å². The van der Waals surface area contributed by atoms with E-state index >= 15 is 0 Å². The summed E-state index contributed by atoms with van der Waals surface area (Å²) in [6.45, 7) is 0.460. The van der Waals surface area contributed by atoms with Gasteiger partial charge in [0, 0.05) is 12.1 Å². The molecule has 2 aromatic carbocycles. The highest BCUT2D eigenvalue weighted by Crippen LogP contribution is 2.28. The smallest absolute Gasteiger partial charge is 0.256 e. The number of amides is 1. The Bertz CT molecular complexity index is 934. The number of methoxy groups -OCH3 is 3. The maximum absolute atomic E-state index is 12.6. The van der Waals surface area contributed by atoms with Gasteiger partial charge in [0.1, 0.15) is 11.3 Å². The van der Waals surface area contributed by atoms with Gasteiger partial charge in [-0.2, -0.15) is 0 Å². The molecule has 1 aromatic heterocycles. The van der Waals surface area contributed by atoms with Crippen molar-refractivity contribution in [2.24, 2.45) is 0 Å². The standard InChI is InChI=1S/C21H22N2O5/c1-25-16-7-5-15(6-8-16)20-17(13-23-28-20)21(24)22-11-10-14-4-9-18(26-2)19(12-14)27-3/h4-9,12-13H,10-11H2,1-3H3,(H,22,24). The van der Waals surface area contributed by atoms with Gasteiger partial charge in [0.15, 0.2) is 17.3 Å². The molecule has 0 fully saturated rings. The zero-order chi connectivity index (χ0) is 19.9. The van der Waals surface area contributed by atoms with Crippen LogP contribution in [0.15, 0.2) is 53.2 Å². The normalized spacial score (nSPS) is 10.4. The highest BCUT2D eigenvalue weighted by atomic mass is 16.5. The summed E-state index contributed by atoms with van der Waals surface area (Å²) in [5.74, 6) is 2.24. The molecular weight excluding hydrogens is 360 g/mol. The topological polar surface area (TPSA) is 82.8 Å². The van der Waals surface area contributed by atoms with Crippen LogP contribution in [0.25, 0.3) is 11.3 Å². The zero-order valence-electron chi connectivity index (χ0n) is 16.0. The third-order valence-electron chi connectivity index (χ3n) is 4.31. The second kappa shape index (κ2) is 8.94. The van der Waals surface area contributed by atoms with Gasteiger partial charge in [-0.25, -0.2) is 0 Å². The van der Waals surface area contributed by atoms with Crippen LogP contribution in [-0.4, -0.2) is 38.9 Å². The molecule has 0 aliphatic heterocycles. The van der Waals surface area contributed by atoms with Crippen molar-refractivity contribution in [3.63, 3.8) is 0 Å². The fraction of sp³-hybridized carbons (Fsp3) is 0.238. The lowest BCUT2D eigenvalue weighted by Crippen LogP contribution is -2.25. The van der Waals surface area contributed by atoms with Gasteiger partial charge in [-0.3, -0.25) is 4.79 Å². The summed E-state index contributed by atoms with van der Waals surface area (Å²) in [6.07, 6.45) is 2.07. The molecule has 0 unspecified atom stereocenters. The van der Waals surface area contributed by atoms with Crippen LogP contribution in [0.5, 0.6) is 17.2 Å². The average Bonchev–Trinajstić information content (AvgIpc) is 3.23. The lowest BCUT2D eigenvalue weighted by atomic mass is 10.1. The molecule has 3 aromatic rings. The van der Waals surface area contributed by atoms with E-state index in [0.717, 1.165) is 16.9 Å². The monoisotopic (exact) mass is 382 g/mol. The Balaban J connectivity index is 1.64. The van der Waals surface area contributed by atoms with E-state index in [0.29, 0.717) is 35.8 Å². The van der Waals surface area contributed by atoms with Crippen molar-refractivity contribution in [1.29, 1.82) is 0 Å². The molecule has 3 rings (SSSR count). The molecule has 0 spiro atoms. The first-order valence-corrected chi connectivity index (χ1v) is 8.74. The first-order valence-electron chi connectivity index (χ1n) is 8.74. The van der Waals surface area contributed by atoms with E-state index in [2.05, 4.69) is 10.5 Å². The molecule has 1 N–H and O–H groups in total. The van der Waals surface area contributed by atoms with Crippen molar-refractivity contribution in [1.82, 2.24) is 10.5 Å². The molecule has 0 saturated heterocycles. The number of benzene rings is 2. The Hall–Kier alpha value is -3.48. The molecule has 0 atom stereocenters. The Labute approximate surface area is 163 Å². The lowest BCUT2D eigenvalue weighted by molar-refractivity contribution is 0.0954. The molecule has 7 nitrogen and oxygen atoms in total. The maximum atomic E-state index is 12.6. The highest BCUT2D eigenvalue weighted by Gasteiger charge is 2.17. The first kappa shape index (κ1) is 19.3. The van der Waals surface area contributed by atoms with Crippen LogP contribution in [-0.2, 0) is 6.42 Å². The lowest BCUT2D eigenvalue weighted by Gasteiger charge is -2.10. The molecule has 0 aliphatic carbocycles. The van der Waals surface area contributed by atoms with Crippen molar-refractivity contribution < 1.29 is 23.5 Å². The van der Waals surface area contributed by atoms with E-state index in [4.69, 9.17) is 18.7 Å². The summed E-state index contributed by atoms with van der Waals surface area (Å²) in [6, 6.07) is 12.9. The summed E-state index contributed by atoms with van der Waals surface area (Å²) in [5, 5.41) is 6.67. The van der Waals surface area contributed by atoms with Gasteiger partial charge < -0.3 is 24.1 Å². The highest BCUT2D eigenvalue weighted by molar-refractivity contribution is 5.99. The quantitative estimate of drug-likeness (QED) is 0.643. The van der Waals surface area contributed by atoms with Crippen LogP contribution in [0.3, 0.4) is 0 Å². The minimum absolute atomic E-state index is 0.243. The van der Waals surface area contributed by atoms with Crippen LogP contribution < -0.4 is 19.5 Å². The van der Waals surface area contributed by atoms with Gasteiger partial charge in [0.2, 0.25) is 0 Å². The molecular formula is C21H22N2O5. The van der Waals surface area contributed by atoms with E-state index in [-0.39, 0.29) is 5.91 Å². The third kappa shape index (κ3) is 4.25. The first-order chi connectivity index (χ1) is 13.7. The third-order valence-corrected chi connectivity index (χ3v) is 4.31. The number of hydrogen-bond acceptors (Lipinski definition) is 6. The number of rotatable bonds is 8. The fourth-order valence-electron chi connectivity index (χ4n) is 2.80. The molecule has 146 valence electrons. The Morgan fingerprint density at radius 1 is 1.00 bits per heavy atom. The molecule has 28 heavy (non-hydrogen) atoms. The Kier molecular flexibility index (Phi) is 6.16. The molecule has 0 radical (unpaired) electrons. The van der Waals surface area contributed by atoms with Crippen LogP contribution in [0, 0.1) is 0 Å². The molecule has 1 heterocycles. The number of ether oxygens (including phenoxy) is 3. The zero-order valence-corrected chi connectivity index (χ0v) is 16.0. The maximum Gasteiger partial charge on any atom is 0.256 e. The Morgan fingerprint density at radius 3 is 2.43 bits per heavy atom. The number of nitrogens with zero attached hydrogens (tertiary/aromatic N) is 1. The number of carbonyl (C=O) groups excluding carboxylic acids is 1. The van der Waals surface area contributed by atoms with Gasteiger partial charge in [0.05, 0.1) is 27.5 Å². The van der Waals surface area contributed by atoms with Gasteiger partial charge in [-0.15, -0.1) is 0 Å². The number of hydrogen-bond donors (Lipinski definition) is 1. The predicted octanol–water partition coefficient (Wildman–Crippen LogP) is 3.34. The Morgan fingerprint density at radius 2 is 1.75 bits per heavy atom. The van der Waals surface area contributed by atoms with Crippen molar-refractivity contribution in [3.8, 4) is 28.6 Å². The van der Waals surface area contributed by atoms with Crippen LogP contribution >= 0.6 is 0 Å². The second-order valence-corrected chi connectivity index (χ2v) is 5.99. The molecule has 1 amide bonds. The predicted molar refractivity (Wildman–Crippen MR) is 104 cm³/mol.